The topological polar surface area (TPSA) is 81.9 Å². The number of ether oxygens (including phenoxy) is 1. The molecule has 1 heterocycles. The molecule has 9 heteroatoms. The predicted octanol–water partition coefficient (Wildman–Crippen LogP) is 2.79. The van der Waals surface area contributed by atoms with E-state index < -0.39 is 11.6 Å². The van der Waals surface area contributed by atoms with Crippen LogP contribution in [0.15, 0.2) is 60.7 Å². The van der Waals surface area contributed by atoms with Gasteiger partial charge in [0.1, 0.15) is 5.75 Å². The van der Waals surface area contributed by atoms with Gasteiger partial charge in [-0.3, -0.25) is 4.79 Å². The van der Waals surface area contributed by atoms with Crippen molar-refractivity contribution in [2.24, 2.45) is 0 Å². The molecule has 0 atom stereocenters. The van der Waals surface area contributed by atoms with E-state index in [1.165, 1.54) is 10.7 Å². The molecule has 4 aromatic rings. The van der Waals surface area contributed by atoms with Crippen LogP contribution >= 0.6 is 0 Å². The summed E-state index contributed by atoms with van der Waals surface area (Å²) in [5.74, 6) is -1.53. The van der Waals surface area contributed by atoms with Crippen LogP contribution in [0, 0.1) is 11.6 Å². The van der Waals surface area contributed by atoms with Gasteiger partial charge in [0.15, 0.2) is 24.1 Å². The fraction of sp³-hybridized carbons (Fsp3) is 0.100. The molecule has 29 heavy (non-hydrogen) atoms. The first-order chi connectivity index (χ1) is 14.1. The second-order valence-electron chi connectivity index (χ2n) is 6.18. The quantitative estimate of drug-likeness (QED) is 0.543. The number of carbonyl (C=O) groups excluding carboxylic acids is 1. The maximum absolute atomic E-state index is 13.4. The van der Waals surface area contributed by atoms with Crippen LogP contribution in [0.2, 0.25) is 0 Å². The van der Waals surface area contributed by atoms with Crippen LogP contribution in [0.5, 0.6) is 5.75 Å². The number of nitrogens with one attached hydrogen (secondary N) is 1. The van der Waals surface area contributed by atoms with Crippen molar-refractivity contribution in [3.63, 3.8) is 0 Å². The third-order valence-electron chi connectivity index (χ3n) is 4.22. The number of hydrogen-bond acceptors (Lipinski definition) is 5. The summed E-state index contributed by atoms with van der Waals surface area (Å²) < 4.78 is 33.3. The minimum atomic E-state index is -1.02. The van der Waals surface area contributed by atoms with Crippen LogP contribution in [0.25, 0.3) is 16.5 Å². The Morgan fingerprint density at radius 2 is 1.83 bits per heavy atom. The van der Waals surface area contributed by atoms with Crippen molar-refractivity contribution in [2.45, 2.75) is 6.54 Å². The molecule has 0 radical (unpaired) electrons. The Hall–Kier alpha value is -3.88. The fourth-order valence-corrected chi connectivity index (χ4v) is 2.77. The lowest BCUT2D eigenvalue weighted by atomic mass is 10.1. The fourth-order valence-electron chi connectivity index (χ4n) is 2.77. The molecule has 1 amide bonds. The first kappa shape index (κ1) is 18.5. The molecule has 146 valence electrons. The van der Waals surface area contributed by atoms with Crippen LogP contribution in [0.4, 0.5) is 8.78 Å². The number of halogens is 2. The number of aromatic nitrogens is 4. The van der Waals surface area contributed by atoms with E-state index in [-0.39, 0.29) is 30.6 Å². The molecule has 0 aliphatic heterocycles. The molecule has 0 spiro atoms. The molecule has 1 aromatic heterocycles. The highest BCUT2D eigenvalue weighted by molar-refractivity contribution is 5.84. The smallest absolute Gasteiger partial charge is 0.258 e. The van der Waals surface area contributed by atoms with Crippen molar-refractivity contribution in [3.05, 3.63) is 78.1 Å². The number of tetrazole rings is 1. The zero-order chi connectivity index (χ0) is 20.2. The molecule has 3 aromatic carbocycles. The normalized spacial score (nSPS) is 10.8. The highest BCUT2D eigenvalue weighted by atomic mass is 19.2. The third kappa shape index (κ3) is 4.18. The molecular formula is C20H15F2N5O2. The van der Waals surface area contributed by atoms with Gasteiger partial charge in [-0.25, -0.2) is 8.78 Å². The molecule has 0 saturated heterocycles. The first-order valence-corrected chi connectivity index (χ1v) is 8.71. The monoisotopic (exact) mass is 395 g/mol. The van der Waals surface area contributed by atoms with Crippen molar-refractivity contribution in [3.8, 4) is 11.4 Å². The molecule has 0 aliphatic carbocycles. The molecule has 1 N–H and O–H groups in total. The largest absolute Gasteiger partial charge is 0.484 e. The van der Waals surface area contributed by atoms with E-state index in [1.807, 2.05) is 36.4 Å². The lowest BCUT2D eigenvalue weighted by molar-refractivity contribution is -0.123. The van der Waals surface area contributed by atoms with Gasteiger partial charge in [0.2, 0.25) is 0 Å². The molecule has 0 fully saturated rings. The molecule has 7 nitrogen and oxygen atoms in total. The molecule has 0 unspecified atom stereocenters. The molecule has 0 bridgehead atoms. The van der Waals surface area contributed by atoms with E-state index in [1.54, 1.807) is 6.07 Å². The number of nitrogens with zero attached hydrogens (tertiary/aromatic N) is 4. The highest BCUT2D eigenvalue weighted by Gasteiger charge is 2.12. The highest BCUT2D eigenvalue weighted by Crippen LogP contribution is 2.20. The molecular weight excluding hydrogens is 380 g/mol. The Morgan fingerprint density at radius 1 is 1.00 bits per heavy atom. The van der Waals surface area contributed by atoms with Gasteiger partial charge in [0, 0.05) is 6.07 Å². The van der Waals surface area contributed by atoms with Crippen molar-refractivity contribution in [1.29, 1.82) is 0 Å². The first-order valence-electron chi connectivity index (χ1n) is 8.71. The van der Waals surface area contributed by atoms with E-state index in [2.05, 4.69) is 20.8 Å². The molecule has 0 saturated carbocycles. The summed E-state index contributed by atoms with van der Waals surface area (Å²) in [6.45, 7) is -0.197. The maximum atomic E-state index is 13.4. The average Bonchev–Trinajstić information content (AvgIpc) is 3.21. The number of fused-ring (bicyclic) bond motifs is 1. The van der Waals surface area contributed by atoms with E-state index >= 15 is 0 Å². The summed E-state index contributed by atoms with van der Waals surface area (Å²) in [6, 6.07) is 16.7. The second-order valence-corrected chi connectivity index (χ2v) is 6.18. The number of rotatable bonds is 6. The lowest BCUT2D eigenvalue weighted by Gasteiger charge is -2.09. The minimum absolute atomic E-state index is 0.00803. The van der Waals surface area contributed by atoms with Crippen LogP contribution in [-0.2, 0) is 11.3 Å². The Labute approximate surface area is 163 Å². The van der Waals surface area contributed by atoms with Crippen LogP contribution in [-0.4, -0.2) is 32.7 Å². The Balaban J connectivity index is 1.36. The zero-order valence-electron chi connectivity index (χ0n) is 15.0. The van der Waals surface area contributed by atoms with Gasteiger partial charge in [0.25, 0.3) is 5.91 Å². The maximum Gasteiger partial charge on any atom is 0.258 e. The van der Waals surface area contributed by atoms with Gasteiger partial charge in [-0.15, -0.1) is 5.10 Å². The van der Waals surface area contributed by atoms with E-state index in [4.69, 9.17) is 4.74 Å². The predicted molar refractivity (Wildman–Crippen MR) is 100 cm³/mol. The van der Waals surface area contributed by atoms with Gasteiger partial charge in [0.05, 0.1) is 12.2 Å². The Morgan fingerprint density at radius 3 is 2.66 bits per heavy atom. The average molecular weight is 395 g/mol. The Bertz CT molecular complexity index is 1180. The minimum Gasteiger partial charge on any atom is -0.484 e. The SMILES string of the molecule is O=C(COc1ccc2ccccc2c1)NCc1nnnn1-c1ccc(F)c(F)c1. The summed E-state index contributed by atoms with van der Waals surface area (Å²) >= 11 is 0. The number of hydrogen-bond donors (Lipinski definition) is 1. The molecule has 4 rings (SSSR count). The van der Waals surface area contributed by atoms with E-state index in [0.717, 1.165) is 22.9 Å². The van der Waals surface area contributed by atoms with Crippen molar-refractivity contribution in [1.82, 2.24) is 25.5 Å². The second kappa shape index (κ2) is 8.01. The summed E-state index contributed by atoms with van der Waals surface area (Å²) in [5.41, 5.74) is 0.241. The van der Waals surface area contributed by atoms with Gasteiger partial charge in [-0.1, -0.05) is 30.3 Å². The summed E-state index contributed by atoms with van der Waals surface area (Å²) in [5, 5.41) is 15.8. The van der Waals surface area contributed by atoms with Crippen LogP contribution in [0.3, 0.4) is 0 Å². The number of carbonyl (C=O) groups is 1. The number of amides is 1. The molecule has 0 aliphatic rings. The van der Waals surface area contributed by atoms with Crippen molar-refractivity contribution >= 4 is 16.7 Å². The van der Waals surface area contributed by atoms with Crippen molar-refractivity contribution < 1.29 is 18.3 Å². The Kier molecular flexibility index (Phi) is 5.10. The van der Waals surface area contributed by atoms with Crippen LogP contribution in [0.1, 0.15) is 5.82 Å². The van der Waals surface area contributed by atoms with Gasteiger partial charge >= 0.3 is 0 Å². The van der Waals surface area contributed by atoms with Gasteiger partial charge in [-0.05, 0) is 45.5 Å². The van der Waals surface area contributed by atoms with Crippen molar-refractivity contribution in [2.75, 3.05) is 6.61 Å². The summed E-state index contributed by atoms with van der Waals surface area (Å²) in [6.07, 6.45) is 0. The van der Waals surface area contributed by atoms with E-state index in [9.17, 15) is 13.6 Å². The lowest BCUT2D eigenvalue weighted by Crippen LogP contribution is -2.29. The summed E-state index contributed by atoms with van der Waals surface area (Å²) in [4.78, 5) is 12.1. The third-order valence-corrected chi connectivity index (χ3v) is 4.22. The standard InChI is InChI=1S/C20H15F2N5O2/c21-17-8-6-15(10-18(17)22)27-19(24-25-26-27)11-23-20(28)12-29-16-7-5-13-3-1-2-4-14(13)9-16/h1-10H,11-12H2,(H,23,28). The van der Waals surface area contributed by atoms with Gasteiger partial charge < -0.3 is 10.1 Å². The number of benzene rings is 3. The van der Waals surface area contributed by atoms with Gasteiger partial charge in [-0.2, -0.15) is 4.68 Å². The summed E-state index contributed by atoms with van der Waals surface area (Å²) in [7, 11) is 0. The zero-order valence-corrected chi connectivity index (χ0v) is 15.0. The van der Waals surface area contributed by atoms with Crippen LogP contribution < -0.4 is 10.1 Å². The van der Waals surface area contributed by atoms with E-state index in [0.29, 0.717) is 5.75 Å².